The number of nitrogens with one attached hydrogen (secondary N) is 2. The van der Waals surface area contributed by atoms with Gasteiger partial charge in [0.1, 0.15) is 12.4 Å². The number of carbonyl (C=O) groups excluding carboxylic acids is 1. The number of hydrogen-bond acceptors (Lipinski definition) is 4. The Hall–Kier alpha value is -1.59. The molecule has 1 saturated carbocycles. The van der Waals surface area contributed by atoms with Gasteiger partial charge in [-0.15, -0.1) is 0 Å². The molecule has 0 unspecified atom stereocenters. The number of amides is 1. The van der Waals surface area contributed by atoms with Crippen molar-refractivity contribution in [3.05, 3.63) is 24.3 Å². The Bertz CT molecular complexity index is 459. The van der Waals surface area contributed by atoms with E-state index in [-0.39, 0.29) is 5.91 Å². The molecule has 5 heteroatoms. The highest BCUT2D eigenvalue weighted by molar-refractivity contribution is 5.92. The lowest BCUT2D eigenvalue weighted by Gasteiger charge is -2.22. The number of hydrogen-bond donors (Lipinski definition) is 2. The van der Waals surface area contributed by atoms with Crippen molar-refractivity contribution in [2.24, 2.45) is 0 Å². The summed E-state index contributed by atoms with van der Waals surface area (Å²) in [6.45, 7) is 1.40. The fourth-order valence-electron chi connectivity index (χ4n) is 2.66. The van der Waals surface area contributed by atoms with Crippen LogP contribution in [0, 0.1) is 0 Å². The van der Waals surface area contributed by atoms with Crippen LogP contribution >= 0.6 is 0 Å². The molecule has 2 rings (SSSR count). The van der Waals surface area contributed by atoms with Gasteiger partial charge in [0.15, 0.2) is 0 Å². The first-order valence-electron chi connectivity index (χ1n) is 8.03. The highest BCUT2D eigenvalue weighted by atomic mass is 16.5. The maximum atomic E-state index is 12.0. The van der Waals surface area contributed by atoms with Crippen molar-refractivity contribution in [2.45, 2.75) is 38.1 Å². The molecule has 0 aliphatic heterocycles. The fourth-order valence-corrected chi connectivity index (χ4v) is 2.66. The van der Waals surface area contributed by atoms with Crippen LogP contribution in [-0.4, -0.2) is 38.8 Å². The van der Waals surface area contributed by atoms with Crippen LogP contribution in [0.2, 0.25) is 0 Å². The summed E-state index contributed by atoms with van der Waals surface area (Å²) in [7, 11) is 1.64. The Labute approximate surface area is 132 Å². The third-order valence-electron chi connectivity index (χ3n) is 3.83. The summed E-state index contributed by atoms with van der Waals surface area (Å²) >= 11 is 0. The third-order valence-corrected chi connectivity index (χ3v) is 3.83. The van der Waals surface area contributed by atoms with E-state index in [0.717, 1.165) is 11.4 Å². The van der Waals surface area contributed by atoms with E-state index in [4.69, 9.17) is 9.47 Å². The summed E-state index contributed by atoms with van der Waals surface area (Å²) < 4.78 is 10.5. The van der Waals surface area contributed by atoms with E-state index in [1.807, 2.05) is 24.3 Å². The normalized spacial score (nSPS) is 15.5. The van der Waals surface area contributed by atoms with Crippen molar-refractivity contribution in [1.29, 1.82) is 0 Å². The van der Waals surface area contributed by atoms with Crippen molar-refractivity contribution in [3.63, 3.8) is 0 Å². The van der Waals surface area contributed by atoms with Crippen LogP contribution in [0.15, 0.2) is 24.3 Å². The van der Waals surface area contributed by atoms with Crippen LogP contribution in [-0.2, 0) is 9.53 Å². The van der Waals surface area contributed by atoms with Crippen LogP contribution in [0.25, 0.3) is 0 Å². The smallest absolute Gasteiger partial charge is 0.238 e. The molecule has 122 valence electrons. The molecular formula is C17H26N2O3. The molecule has 0 atom stereocenters. The van der Waals surface area contributed by atoms with Crippen molar-refractivity contribution in [3.8, 4) is 5.75 Å². The second-order valence-electron chi connectivity index (χ2n) is 5.63. The standard InChI is InChI=1S/C17H26N2O3/c1-21-10-11-22-16-9-5-8-15(12-16)19-17(20)13-18-14-6-3-2-4-7-14/h5,8-9,12,14,18H,2-4,6-7,10-11,13H2,1H3,(H,19,20). The van der Waals surface area contributed by atoms with E-state index in [0.29, 0.717) is 25.8 Å². The first-order chi connectivity index (χ1) is 10.8. The second-order valence-corrected chi connectivity index (χ2v) is 5.63. The predicted octanol–water partition coefficient (Wildman–Crippen LogP) is 2.57. The number of anilines is 1. The largest absolute Gasteiger partial charge is 0.491 e. The lowest BCUT2D eigenvalue weighted by molar-refractivity contribution is -0.115. The van der Waals surface area contributed by atoms with Gasteiger partial charge in [-0.3, -0.25) is 4.79 Å². The van der Waals surface area contributed by atoms with E-state index < -0.39 is 0 Å². The summed E-state index contributed by atoms with van der Waals surface area (Å²) in [5, 5.41) is 6.24. The van der Waals surface area contributed by atoms with Crippen LogP contribution in [0.3, 0.4) is 0 Å². The fraction of sp³-hybridized carbons (Fsp3) is 0.588. The summed E-state index contributed by atoms with van der Waals surface area (Å²) in [6.07, 6.45) is 6.20. The van der Waals surface area contributed by atoms with Crippen molar-refractivity contribution >= 4 is 11.6 Å². The molecule has 1 amide bonds. The molecule has 0 spiro atoms. The van der Waals surface area contributed by atoms with Crippen molar-refractivity contribution in [1.82, 2.24) is 5.32 Å². The van der Waals surface area contributed by atoms with Gasteiger partial charge in [-0.05, 0) is 25.0 Å². The Kier molecular flexibility index (Phi) is 7.19. The van der Waals surface area contributed by atoms with Gasteiger partial charge < -0.3 is 20.1 Å². The van der Waals surface area contributed by atoms with Gasteiger partial charge in [0, 0.05) is 24.9 Å². The SMILES string of the molecule is COCCOc1cccc(NC(=O)CNC2CCCCC2)c1. The summed E-state index contributed by atoms with van der Waals surface area (Å²) in [5.41, 5.74) is 0.755. The molecular weight excluding hydrogens is 280 g/mol. The van der Waals surface area contributed by atoms with Crippen LogP contribution in [0.1, 0.15) is 32.1 Å². The zero-order valence-corrected chi connectivity index (χ0v) is 13.3. The number of rotatable bonds is 8. The van der Waals surface area contributed by atoms with Crippen molar-refractivity contribution < 1.29 is 14.3 Å². The average molecular weight is 306 g/mol. The number of methoxy groups -OCH3 is 1. The van der Waals surface area contributed by atoms with Crippen molar-refractivity contribution in [2.75, 3.05) is 32.2 Å². The van der Waals surface area contributed by atoms with Gasteiger partial charge >= 0.3 is 0 Å². The predicted molar refractivity (Wildman–Crippen MR) is 87.3 cm³/mol. The monoisotopic (exact) mass is 306 g/mol. The topological polar surface area (TPSA) is 59.6 Å². The third kappa shape index (κ3) is 6.03. The van der Waals surface area contributed by atoms with Gasteiger partial charge in [-0.2, -0.15) is 0 Å². The zero-order chi connectivity index (χ0) is 15.6. The number of benzene rings is 1. The second kappa shape index (κ2) is 9.43. The molecule has 1 aliphatic carbocycles. The maximum absolute atomic E-state index is 12.0. The molecule has 22 heavy (non-hydrogen) atoms. The molecule has 0 saturated heterocycles. The minimum absolute atomic E-state index is 0.0142. The van der Waals surface area contributed by atoms with Crippen LogP contribution in [0.5, 0.6) is 5.75 Å². The van der Waals surface area contributed by atoms with Gasteiger partial charge in [-0.1, -0.05) is 25.3 Å². The molecule has 0 bridgehead atoms. The van der Waals surface area contributed by atoms with Gasteiger partial charge in [0.25, 0.3) is 0 Å². The minimum atomic E-state index is -0.0142. The van der Waals surface area contributed by atoms with E-state index in [9.17, 15) is 4.79 Å². The highest BCUT2D eigenvalue weighted by Gasteiger charge is 2.13. The number of carbonyl (C=O) groups is 1. The number of ether oxygens (including phenoxy) is 2. The quantitative estimate of drug-likeness (QED) is 0.725. The van der Waals surface area contributed by atoms with E-state index in [1.54, 1.807) is 7.11 Å². The first kappa shape index (κ1) is 16.8. The minimum Gasteiger partial charge on any atom is -0.491 e. The maximum Gasteiger partial charge on any atom is 0.238 e. The molecule has 2 N–H and O–H groups in total. The molecule has 0 radical (unpaired) electrons. The lowest BCUT2D eigenvalue weighted by Crippen LogP contribution is -2.37. The van der Waals surface area contributed by atoms with Crippen LogP contribution < -0.4 is 15.4 Å². The first-order valence-corrected chi connectivity index (χ1v) is 8.03. The molecule has 5 nitrogen and oxygen atoms in total. The molecule has 0 aromatic heterocycles. The van der Waals surface area contributed by atoms with Gasteiger partial charge in [0.2, 0.25) is 5.91 Å². The molecule has 0 heterocycles. The lowest BCUT2D eigenvalue weighted by atomic mass is 9.95. The van der Waals surface area contributed by atoms with Crippen LogP contribution in [0.4, 0.5) is 5.69 Å². The molecule has 1 aliphatic rings. The van der Waals surface area contributed by atoms with E-state index >= 15 is 0 Å². The average Bonchev–Trinajstić information content (AvgIpc) is 2.55. The molecule has 1 aromatic rings. The zero-order valence-electron chi connectivity index (χ0n) is 13.3. The van der Waals surface area contributed by atoms with Gasteiger partial charge in [-0.25, -0.2) is 0 Å². The van der Waals surface area contributed by atoms with Gasteiger partial charge in [0.05, 0.1) is 13.2 Å². The Balaban J connectivity index is 1.74. The molecule has 1 aromatic carbocycles. The Morgan fingerprint density at radius 1 is 1.23 bits per heavy atom. The van der Waals surface area contributed by atoms with E-state index in [2.05, 4.69) is 10.6 Å². The molecule has 1 fully saturated rings. The summed E-state index contributed by atoms with van der Waals surface area (Å²) in [6, 6.07) is 7.91. The highest BCUT2D eigenvalue weighted by Crippen LogP contribution is 2.18. The summed E-state index contributed by atoms with van der Waals surface area (Å²) in [5.74, 6) is 0.717. The Morgan fingerprint density at radius 3 is 2.82 bits per heavy atom. The summed E-state index contributed by atoms with van der Waals surface area (Å²) in [4.78, 5) is 12.0. The Morgan fingerprint density at radius 2 is 2.05 bits per heavy atom. The van der Waals surface area contributed by atoms with E-state index in [1.165, 1.54) is 32.1 Å².